The molecule has 1 atom stereocenters. The average molecular weight is 280 g/mol. The lowest BCUT2D eigenvalue weighted by Gasteiger charge is -2.15. The van der Waals surface area contributed by atoms with Gasteiger partial charge in [-0.1, -0.05) is 25.8 Å². The summed E-state index contributed by atoms with van der Waals surface area (Å²) in [5.41, 5.74) is 1.00. The molecule has 1 aromatic rings. The molecule has 0 aliphatic rings. The molecule has 1 rings (SSSR count). The third-order valence-electron chi connectivity index (χ3n) is 2.95. The van der Waals surface area contributed by atoms with E-state index in [1.54, 1.807) is 19.1 Å². The van der Waals surface area contributed by atoms with E-state index in [4.69, 9.17) is 5.26 Å². The van der Waals surface area contributed by atoms with Crippen LogP contribution < -0.4 is 4.72 Å². The van der Waals surface area contributed by atoms with E-state index in [9.17, 15) is 8.42 Å². The molecule has 0 bridgehead atoms. The normalized spacial score (nSPS) is 12.9. The second-order valence-electron chi connectivity index (χ2n) is 4.76. The zero-order valence-corrected chi connectivity index (χ0v) is 12.4. The Morgan fingerprint density at radius 1 is 1.42 bits per heavy atom. The van der Waals surface area contributed by atoms with Crippen LogP contribution in [0, 0.1) is 18.3 Å². The summed E-state index contributed by atoms with van der Waals surface area (Å²) in [4.78, 5) is 0.190. The summed E-state index contributed by atoms with van der Waals surface area (Å²) in [6, 6.07) is 6.56. The number of sulfonamides is 1. The topological polar surface area (TPSA) is 70.0 Å². The lowest BCUT2D eigenvalue weighted by molar-refractivity contribution is 0.534. The maximum absolute atomic E-state index is 12.3. The molecule has 5 heteroatoms. The van der Waals surface area contributed by atoms with Crippen LogP contribution in [0.4, 0.5) is 0 Å². The second-order valence-corrected chi connectivity index (χ2v) is 6.44. The molecule has 0 fully saturated rings. The van der Waals surface area contributed by atoms with Crippen molar-refractivity contribution >= 4 is 10.0 Å². The van der Waals surface area contributed by atoms with Crippen LogP contribution in [0.1, 0.15) is 44.2 Å². The van der Waals surface area contributed by atoms with Crippen molar-refractivity contribution in [2.24, 2.45) is 0 Å². The van der Waals surface area contributed by atoms with Crippen molar-refractivity contribution in [1.82, 2.24) is 4.72 Å². The Balaban J connectivity index is 2.97. The van der Waals surface area contributed by atoms with Crippen LogP contribution >= 0.6 is 0 Å². The molecular formula is C14H20N2O2S. The Labute approximate surface area is 115 Å². The molecule has 19 heavy (non-hydrogen) atoms. The number of aryl methyl sites for hydroxylation is 1. The zero-order chi connectivity index (χ0) is 14.5. The van der Waals surface area contributed by atoms with Gasteiger partial charge >= 0.3 is 0 Å². The molecule has 1 unspecified atom stereocenters. The first kappa shape index (κ1) is 15.7. The van der Waals surface area contributed by atoms with E-state index in [2.05, 4.69) is 11.6 Å². The number of nitriles is 1. The Hall–Kier alpha value is -1.38. The first-order chi connectivity index (χ1) is 8.90. The minimum absolute atomic E-state index is 0.102. The molecule has 0 radical (unpaired) electrons. The number of unbranched alkanes of at least 4 members (excludes halogenated alkanes) is 1. The largest absolute Gasteiger partial charge is 0.241 e. The van der Waals surface area contributed by atoms with Crippen LogP contribution in [0.3, 0.4) is 0 Å². The molecule has 0 heterocycles. The highest BCUT2D eigenvalue weighted by molar-refractivity contribution is 7.89. The molecule has 0 aromatic heterocycles. The molecular weight excluding hydrogens is 260 g/mol. The first-order valence-electron chi connectivity index (χ1n) is 6.43. The van der Waals surface area contributed by atoms with Gasteiger partial charge in [0, 0.05) is 6.04 Å². The molecule has 1 N–H and O–H groups in total. The standard InChI is InChI=1S/C14H20N2O2S/c1-4-5-6-12(3)16-19(17,18)14-9-13(10-15)8-7-11(14)2/h7-9,12,16H,4-6H2,1-3H3. The lowest BCUT2D eigenvalue weighted by atomic mass is 10.2. The van der Waals surface area contributed by atoms with Crippen molar-refractivity contribution in [3.63, 3.8) is 0 Å². The van der Waals surface area contributed by atoms with Gasteiger partial charge in [-0.25, -0.2) is 13.1 Å². The highest BCUT2D eigenvalue weighted by atomic mass is 32.2. The summed E-state index contributed by atoms with van der Waals surface area (Å²) < 4.78 is 27.2. The van der Waals surface area contributed by atoms with Crippen molar-refractivity contribution in [3.8, 4) is 6.07 Å². The summed E-state index contributed by atoms with van der Waals surface area (Å²) in [5.74, 6) is 0. The van der Waals surface area contributed by atoms with Crippen LogP contribution in [0.2, 0.25) is 0 Å². The van der Waals surface area contributed by atoms with Crippen molar-refractivity contribution in [2.45, 2.75) is 51.0 Å². The summed E-state index contributed by atoms with van der Waals surface area (Å²) in [6.45, 7) is 5.66. The van der Waals surface area contributed by atoms with Crippen LogP contribution in [-0.4, -0.2) is 14.5 Å². The van der Waals surface area contributed by atoms with Gasteiger partial charge in [0.15, 0.2) is 0 Å². The average Bonchev–Trinajstić information content (AvgIpc) is 2.36. The highest BCUT2D eigenvalue weighted by Crippen LogP contribution is 2.17. The van der Waals surface area contributed by atoms with Gasteiger partial charge in [0.05, 0.1) is 16.5 Å². The third-order valence-corrected chi connectivity index (χ3v) is 4.69. The van der Waals surface area contributed by atoms with E-state index in [0.717, 1.165) is 19.3 Å². The Bertz CT molecular complexity index is 574. The fourth-order valence-corrected chi connectivity index (χ4v) is 3.41. The SMILES string of the molecule is CCCCC(C)NS(=O)(=O)c1cc(C#N)ccc1C. The van der Waals surface area contributed by atoms with E-state index in [-0.39, 0.29) is 10.9 Å². The predicted octanol–water partition coefficient (Wildman–Crippen LogP) is 2.72. The van der Waals surface area contributed by atoms with E-state index in [1.165, 1.54) is 6.07 Å². The fraction of sp³-hybridized carbons (Fsp3) is 0.500. The van der Waals surface area contributed by atoms with Gasteiger partial charge in [0.2, 0.25) is 10.0 Å². The molecule has 0 spiro atoms. The number of nitrogens with zero attached hydrogens (tertiary/aromatic N) is 1. The summed E-state index contributed by atoms with van der Waals surface area (Å²) in [5, 5.41) is 8.85. The van der Waals surface area contributed by atoms with Crippen molar-refractivity contribution < 1.29 is 8.42 Å². The number of hydrogen-bond donors (Lipinski definition) is 1. The fourth-order valence-electron chi connectivity index (χ4n) is 1.86. The molecule has 4 nitrogen and oxygen atoms in total. The first-order valence-corrected chi connectivity index (χ1v) is 7.92. The Morgan fingerprint density at radius 2 is 2.11 bits per heavy atom. The molecule has 0 saturated heterocycles. The van der Waals surface area contributed by atoms with E-state index in [0.29, 0.717) is 11.1 Å². The smallest absolute Gasteiger partial charge is 0.208 e. The van der Waals surface area contributed by atoms with Gasteiger partial charge in [-0.05, 0) is 38.0 Å². The third kappa shape index (κ3) is 4.34. The summed E-state index contributed by atoms with van der Waals surface area (Å²) >= 11 is 0. The maximum Gasteiger partial charge on any atom is 0.241 e. The predicted molar refractivity (Wildman–Crippen MR) is 75.2 cm³/mol. The molecule has 0 saturated carbocycles. The van der Waals surface area contributed by atoms with Crippen LogP contribution in [0.25, 0.3) is 0 Å². The van der Waals surface area contributed by atoms with Crippen molar-refractivity contribution in [1.29, 1.82) is 5.26 Å². The van der Waals surface area contributed by atoms with E-state index in [1.807, 2.05) is 13.0 Å². The van der Waals surface area contributed by atoms with Gasteiger partial charge in [0.25, 0.3) is 0 Å². The van der Waals surface area contributed by atoms with Gasteiger partial charge in [-0.3, -0.25) is 0 Å². The number of rotatable bonds is 6. The Kier molecular flexibility index (Phi) is 5.52. The highest BCUT2D eigenvalue weighted by Gasteiger charge is 2.19. The second kappa shape index (κ2) is 6.69. The van der Waals surface area contributed by atoms with Crippen LogP contribution in [0.5, 0.6) is 0 Å². The molecule has 0 aliphatic carbocycles. The van der Waals surface area contributed by atoms with E-state index < -0.39 is 10.0 Å². The van der Waals surface area contributed by atoms with Crippen molar-refractivity contribution in [2.75, 3.05) is 0 Å². The van der Waals surface area contributed by atoms with Crippen molar-refractivity contribution in [3.05, 3.63) is 29.3 Å². The number of nitrogens with one attached hydrogen (secondary N) is 1. The number of hydrogen-bond acceptors (Lipinski definition) is 3. The monoisotopic (exact) mass is 280 g/mol. The van der Waals surface area contributed by atoms with Crippen LogP contribution in [0.15, 0.2) is 23.1 Å². The maximum atomic E-state index is 12.3. The Morgan fingerprint density at radius 3 is 2.68 bits per heavy atom. The molecule has 0 aliphatic heterocycles. The molecule has 1 aromatic carbocycles. The minimum Gasteiger partial charge on any atom is -0.208 e. The molecule has 104 valence electrons. The lowest BCUT2D eigenvalue weighted by Crippen LogP contribution is -2.33. The summed E-state index contributed by atoms with van der Waals surface area (Å²) in [6.07, 6.45) is 2.84. The number of benzene rings is 1. The van der Waals surface area contributed by atoms with Crippen LogP contribution in [-0.2, 0) is 10.0 Å². The van der Waals surface area contributed by atoms with E-state index >= 15 is 0 Å². The minimum atomic E-state index is -3.55. The van der Waals surface area contributed by atoms with Gasteiger partial charge in [-0.15, -0.1) is 0 Å². The zero-order valence-electron chi connectivity index (χ0n) is 11.6. The van der Waals surface area contributed by atoms with Gasteiger partial charge in [-0.2, -0.15) is 5.26 Å². The van der Waals surface area contributed by atoms with Gasteiger partial charge < -0.3 is 0 Å². The van der Waals surface area contributed by atoms with Gasteiger partial charge in [0.1, 0.15) is 0 Å². The summed E-state index contributed by atoms with van der Waals surface area (Å²) in [7, 11) is -3.55. The quantitative estimate of drug-likeness (QED) is 0.871. The molecule has 0 amide bonds.